The molecule has 0 aromatic heterocycles. The minimum absolute atomic E-state index is 0.0898. The number of rotatable bonds is 4. The Hall–Kier alpha value is -1.87. The second-order valence-electron chi connectivity index (χ2n) is 5.41. The number of hydrogen-bond donors (Lipinski definition) is 2. The molecular formula is C14H20FN3O4S. The summed E-state index contributed by atoms with van der Waals surface area (Å²) in [6.45, 7) is 0.700. The molecule has 1 aliphatic rings. The number of nitrogens with one attached hydrogen (secondary N) is 2. The quantitative estimate of drug-likeness (QED) is 0.863. The van der Waals surface area contributed by atoms with E-state index in [1.165, 1.54) is 23.5 Å². The number of piperidine rings is 1. The van der Waals surface area contributed by atoms with Crippen LogP contribution >= 0.6 is 0 Å². The summed E-state index contributed by atoms with van der Waals surface area (Å²) in [7, 11) is -1.91. The molecule has 0 bridgehead atoms. The van der Waals surface area contributed by atoms with Crippen molar-refractivity contribution in [2.45, 2.75) is 18.9 Å². The van der Waals surface area contributed by atoms with E-state index in [2.05, 4.69) is 10.6 Å². The van der Waals surface area contributed by atoms with Crippen molar-refractivity contribution in [3.05, 3.63) is 24.0 Å². The van der Waals surface area contributed by atoms with Crippen molar-refractivity contribution in [3.63, 3.8) is 0 Å². The SMILES string of the molecule is COc1ccc(NC(=O)N[C@H]2CCCN(S(C)(=O)=O)C2)cc1F. The van der Waals surface area contributed by atoms with Gasteiger partial charge in [0.25, 0.3) is 0 Å². The molecule has 0 radical (unpaired) electrons. The molecule has 1 atom stereocenters. The van der Waals surface area contributed by atoms with Gasteiger partial charge in [-0.05, 0) is 25.0 Å². The molecular weight excluding hydrogens is 325 g/mol. The van der Waals surface area contributed by atoms with Gasteiger partial charge in [-0.1, -0.05) is 0 Å². The molecule has 9 heteroatoms. The van der Waals surface area contributed by atoms with Crippen LogP contribution in [0.3, 0.4) is 0 Å². The van der Waals surface area contributed by atoms with E-state index in [0.717, 1.165) is 12.3 Å². The number of anilines is 1. The van der Waals surface area contributed by atoms with Crippen LogP contribution in [0.2, 0.25) is 0 Å². The lowest BCUT2D eigenvalue weighted by atomic mass is 10.1. The number of amides is 2. The van der Waals surface area contributed by atoms with Crippen molar-refractivity contribution < 1.29 is 22.3 Å². The van der Waals surface area contributed by atoms with E-state index in [-0.39, 0.29) is 24.0 Å². The van der Waals surface area contributed by atoms with Gasteiger partial charge in [0, 0.05) is 30.9 Å². The Kier molecular flexibility index (Phi) is 5.42. The molecule has 1 saturated heterocycles. The number of hydrogen-bond acceptors (Lipinski definition) is 4. The van der Waals surface area contributed by atoms with Gasteiger partial charge in [-0.25, -0.2) is 21.9 Å². The summed E-state index contributed by atoms with van der Waals surface area (Å²) >= 11 is 0. The summed E-state index contributed by atoms with van der Waals surface area (Å²) in [5, 5.41) is 5.23. The Balaban J connectivity index is 1.93. The van der Waals surface area contributed by atoms with Crippen LogP contribution in [0, 0.1) is 5.82 Å². The van der Waals surface area contributed by atoms with Crippen molar-refractivity contribution in [1.29, 1.82) is 0 Å². The van der Waals surface area contributed by atoms with Gasteiger partial charge in [-0.3, -0.25) is 0 Å². The maximum atomic E-state index is 13.6. The average Bonchev–Trinajstić information content (AvgIpc) is 2.46. The molecule has 1 aromatic rings. The molecule has 0 unspecified atom stereocenters. The molecule has 0 saturated carbocycles. The van der Waals surface area contributed by atoms with Crippen molar-refractivity contribution in [3.8, 4) is 5.75 Å². The molecule has 2 amide bonds. The van der Waals surface area contributed by atoms with Crippen molar-refractivity contribution >= 4 is 21.7 Å². The van der Waals surface area contributed by atoms with Crippen LogP contribution in [-0.2, 0) is 10.0 Å². The predicted octanol–water partition coefficient (Wildman–Crippen LogP) is 1.38. The van der Waals surface area contributed by atoms with Crippen LogP contribution in [0.15, 0.2) is 18.2 Å². The van der Waals surface area contributed by atoms with Gasteiger partial charge in [0.15, 0.2) is 11.6 Å². The summed E-state index contributed by atoms with van der Waals surface area (Å²) in [4.78, 5) is 12.0. The van der Waals surface area contributed by atoms with E-state index < -0.39 is 21.9 Å². The third-order valence-corrected chi connectivity index (χ3v) is 4.87. The third kappa shape index (κ3) is 4.80. The standard InChI is InChI=1S/C14H20FN3O4S/c1-22-13-6-5-10(8-12(13)15)16-14(19)17-11-4-3-7-18(9-11)23(2,20)21/h5-6,8,11H,3-4,7,9H2,1-2H3,(H2,16,17,19)/t11-/m0/s1. The zero-order valence-electron chi connectivity index (χ0n) is 13.0. The summed E-state index contributed by atoms with van der Waals surface area (Å²) in [5.74, 6) is -0.488. The first-order chi connectivity index (χ1) is 10.8. The smallest absolute Gasteiger partial charge is 0.319 e. The summed E-state index contributed by atoms with van der Waals surface area (Å²) in [6.07, 6.45) is 2.52. The predicted molar refractivity (Wildman–Crippen MR) is 84.5 cm³/mol. The monoisotopic (exact) mass is 345 g/mol. The largest absolute Gasteiger partial charge is 0.494 e. The normalized spacial score (nSPS) is 19.2. The lowest BCUT2D eigenvalue weighted by molar-refractivity contribution is 0.236. The van der Waals surface area contributed by atoms with Crippen LogP contribution in [-0.4, -0.2) is 51.3 Å². The fourth-order valence-corrected chi connectivity index (χ4v) is 3.37. The molecule has 2 N–H and O–H groups in total. The van der Waals surface area contributed by atoms with E-state index >= 15 is 0 Å². The van der Waals surface area contributed by atoms with Crippen LogP contribution in [0.5, 0.6) is 5.75 Å². The maximum Gasteiger partial charge on any atom is 0.319 e. The summed E-state index contributed by atoms with van der Waals surface area (Å²) in [6, 6.07) is 3.31. The first kappa shape index (κ1) is 17.5. The number of methoxy groups -OCH3 is 1. The lowest BCUT2D eigenvalue weighted by Gasteiger charge is -2.31. The van der Waals surface area contributed by atoms with E-state index in [0.29, 0.717) is 19.4 Å². The number of carbonyl (C=O) groups excluding carboxylic acids is 1. The number of halogens is 1. The Bertz CT molecular complexity index is 681. The molecule has 7 nitrogen and oxygen atoms in total. The molecule has 2 rings (SSSR count). The molecule has 1 heterocycles. The van der Waals surface area contributed by atoms with Crippen LogP contribution in [0.1, 0.15) is 12.8 Å². The van der Waals surface area contributed by atoms with E-state index in [9.17, 15) is 17.6 Å². The van der Waals surface area contributed by atoms with E-state index in [1.54, 1.807) is 0 Å². The van der Waals surface area contributed by atoms with Gasteiger partial charge in [0.2, 0.25) is 10.0 Å². The second-order valence-corrected chi connectivity index (χ2v) is 7.39. The summed E-state index contributed by atoms with van der Waals surface area (Å²) in [5.41, 5.74) is 0.288. The highest BCUT2D eigenvalue weighted by atomic mass is 32.2. The van der Waals surface area contributed by atoms with Gasteiger partial charge >= 0.3 is 6.03 Å². The first-order valence-electron chi connectivity index (χ1n) is 7.16. The second kappa shape index (κ2) is 7.14. The zero-order chi connectivity index (χ0) is 17.0. The molecule has 1 aliphatic heterocycles. The number of carbonyl (C=O) groups is 1. The van der Waals surface area contributed by atoms with Gasteiger partial charge < -0.3 is 15.4 Å². The third-order valence-electron chi connectivity index (χ3n) is 3.60. The molecule has 0 aliphatic carbocycles. The van der Waals surface area contributed by atoms with Crippen LogP contribution < -0.4 is 15.4 Å². The van der Waals surface area contributed by atoms with Crippen LogP contribution in [0.4, 0.5) is 14.9 Å². The van der Waals surface area contributed by atoms with Crippen molar-refractivity contribution in [2.75, 3.05) is 31.8 Å². The molecule has 23 heavy (non-hydrogen) atoms. The first-order valence-corrected chi connectivity index (χ1v) is 9.00. The van der Waals surface area contributed by atoms with Gasteiger partial charge in [0.1, 0.15) is 0 Å². The number of benzene rings is 1. The van der Waals surface area contributed by atoms with E-state index in [4.69, 9.17) is 4.74 Å². The fraction of sp³-hybridized carbons (Fsp3) is 0.500. The zero-order valence-corrected chi connectivity index (χ0v) is 13.8. The van der Waals surface area contributed by atoms with Gasteiger partial charge in [-0.15, -0.1) is 0 Å². The molecule has 1 aromatic carbocycles. The van der Waals surface area contributed by atoms with E-state index in [1.807, 2.05) is 0 Å². The number of sulfonamides is 1. The minimum Gasteiger partial charge on any atom is -0.494 e. The Labute approximate surface area is 134 Å². The van der Waals surface area contributed by atoms with Crippen molar-refractivity contribution in [2.24, 2.45) is 0 Å². The Morgan fingerprint density at radius 3 is 2.78 bits per heavy atom. The molecule has 0 spiro atoms. The fourth-order valence-electron chi connectivity index (χ4n) is 2.46. The lowest BCUT2D eigenvalue weighted by Crippen LogP contribution is -2.50. The maximum absolute atomic E-state index is 13.6. The highest BCUT2D eigenvalue weighted by Gasteiger charge is 2.26. The van der Waals surface area contributed by atoms with Crippen molar-refractivity contribution in [1.82, 2.24) is 9.62 Å². The number of nitrogens with zero attached hydrogens (tertiary/aromatic N) is 1. The topological polar surface area (TPSA) is 87.7 Å². The van der Waals surface area contributed by atoms with Gasteiger partial charge in [0.05, 0.1) is 13.4 Å². The number of urea groups is 1. The average molecular weight is 345 g/mol. The Morgan fingerprint density at radius 1 is 1.43 bits per heavy atom. The highest BCUT2D eigenvalue weighted by molar-refractivity contribution is 7.88. The van der Waals surface area contributed by atoms with Crippen LogP contribution in [0.25, 0.3) is 0 Å². The molecule has 128 valence electrons. The highest BCUT2D eigenvalue weighted by Crippen LogP contribution is 2.20. The summed E-state index contributed by atoms with van der Waals surface area (Å²) < 4.78 is 42.8. The number of ether oxygens (including phenoxy) is 1. The molecule has 1 fully saturated rings. The Morgan fingerprint density at radius 2 is 2.17 bits per heavy atom. The van der Waals surface area contributed by atoms with Gasteiger partial charge in [-0.2, -0.15) is 0 Å². The minimum atomic E-state index is -3.27.